The van der Waals surface area contributed by atoms with Crippen molar-refractivity contribution in [3.05, 3.63) is 0 Å². The molecule has 0 fully saturated rings. The van der Waals surface area contributed by atoms with Crippen molar-refractivity contribution in [3.63, 3.8) is 0 Å². The van der Waals surface area contributed by atoms with E-state index in [9.17, 15) is 19.2 Å². The summed E-state index contributed by atoms with van der Waals surface area (Å²) in [4.78, 5) is 55.5. The minimum absolute atomic E-state index is 0.183. The third-order valence-electron chi connectivity index (χ3n) is 3.23. The second-order valence-corrected chi connectivity index (χ2v) is 9.00. The number of rotatable bonds is 16. The summed E-state index contributed by atoms with van der Waals surface area (Å²) in [6.45, 7) is 11.2. The molecule has 0 aliphatic carbocycles. The zero-order valence-electron chi connectivity index (χ0n) is 20.9. The predicted molar refractivity (Wildman–Crippen MR) is 120 cm³/mol. The highest BCUT2D eigenvalue weighted by Crippen LogP contribution is 2.07. The number of ketones is 1. The summed E-state index contributed by atoms with van der Waals surface area (Å²) >= 11 is 0. The highest BCUT2D eigenvalue weighted by Gasteiger charge is 2.17. The molecular weight excluding hydrogens is 454 g/mol. The van der Waals surface area contributed by atoms with Gasteiger partial charge in [0.05, 0.1) is 19.8 Å². The Labute approximate surface area is 200 Å². The summed E-state index contributed by atoms with van der Waals surface area (Å²) in [7, 11) is 0. The maximum Gasteiger partial charge on any atom is 0.431 e. The highest BCUT2D eigenvalue weighted by molar-refractivity contribution is 5.79. The van der Waals surface area contributed by atoms with E-state index in [0.717, 1.165) is 0 Å². The van der Waals surface area contributed by atoms with Crippen molar-refractivity contribution in [1.29, 1.82) is 0 Å². The molecular formula is C21H39N3O10. The van der Waals surface area contributed by atoms with E-state index in [-0.39, 0.29) is 38.6 Å². The molecule has 0 heterocycles. The first kappa shape index (κ1) is 31.5. The van der Waals surface area contributed by atoms with Gasteiger partial charge in [-0.05, 0) is 48.0 Å². The Morgan fingerprint density at radius 2 is 1.18 bits per heavy atom. The van der Waals surface area contributed by atoms with Crippen LogP contribution < -0.4 is 16.3 Å². The Kier molecular flexibility index (Phi) is 15.8. The van der Waals surface area contributed by atoms with E-state index >= 15 is 0 Å². The van der Waals surface area contributed by atoms with E-state index in [1.807, 2.05) is 11.0 Å². The second-order valence-electron chi connectivity index (χ2n) is 9.00. The van der Waals surface area contributed by atoms with Crippen LogP contribution in [0.1, 0.15) is 54.4 Å². The van der Waals surface area contributed by atoms with Crippen molar-refractivity contribution in [2.24, 2.45) is 0 Å². The van der Waals surface area contributed by atoms with Crippen LogP contribution >= 0.6 is 0 Å². The minimum Gasteiger partial charge on any atom is -0.442 e. The summed E-state index contributed by atoms with van der Waals surface area (Å²) < 4.78 is 20.6. The summed E-state index contributed by atoms with van der Waals surface area (Å²) in [5.41, 5.74) is 2.75. The van der Waals surface area contributed by atoms with Gasteiger partial charge in [-0.1, -0.05) is 0 Å². The van der Waals surface area contributed by atoms with Gasteiger partial charge in [0.1, 0.15) is 17.8 Å². The van der Waals surface area contributed by atoms with Crippen molar-refractivity contribution in [2.75, 3.05) is 46.2 Å². The van der Waals surface area contributed by atoms with Crippen LogP contribution in [0.5, 0.6) is 0 Å². The average molecular weight is 494 g/mol. The molecule has 13 nitrogen and oxygen atoms in total. The van der Waals surface area contributed by atoms with E-state index in [1.165, 1.54) is 0 Å². The van der Waals surface area contributed by atoms with Crippen molar-refractivity contribution in [2.45, 2.75) is 65.6 Å². The molecule has 0 rings (SSSR count). The molecule has 0 aliphatic heterocycles. The molecule has 3 N–H and O–H groups in total. The van der Waals surface area contributed by atoms with Crippen LogP contribution in [-0.2, 0) is 38.2 Å². The zero-order valence-corrected chi connectivity index (χ0v) is 20.9. The Morgan fingerprint density at radius 1 is 0.676 bits per heavy atom. The van der Waals surface area contributed by atoms with Gasteiger partial charge in [-0.3, -0.25) is 19.3 Å². The highest BCUT2D eigenvalue weighted by atomic mass is 16.7. The summed E-state index contributed by atoms with van der Waals surface area (Å²) in [5.74, 6) is -0.609. The van der Waals surface area contributed by atoms with E-state index < -0.39 is 29.3 Å². The van der Waals surface area contributed by atoms with Gasteiger partial charge in [0.2, 0.25) is 5.91 Å². The molecule has 13 heteroatoms. The number of nitrogens with one attached hydrogen (secondary N) is 3. The van der Waals surface area contributed by atoms with Crippen molar-refractivity contribution < 1.29 is 47.8 Å². The number of hydrogen-bond donors (Lipinski definition) is 3. The van der Waals surface area contributed by atoms with Crippen LogP contribution in [0.2, 0.25) is 0 Å². The van der Waals surface area contributed by atoms with Gasteiger partial charge >= 0.3 is 12.2 Å². The average Bonchev–Trinajstić information content (AvgIpc) is 2.66. The molecule has 0 unspecified atom stereocenters. The number of Topliss-reactive ketones (excluding diaryl/α,β-unsaturated/α-hetero) is 1. The molecule has 0 radical (unpaired) electrons. The van der Waals surface area contributed by atoms with Gasteiger partial charge in [-0.25, -0.2) is 9.59 Å². The number of carbonyl (C=O) groups is 4. The first-order valence-electron chi connectivity index (χ1n) is 10.9. The lowest BCUT2D eigenvalue weighted by Gasteiger charge is -2.19. The molecule has 198 valence electrons. The fourth-order valence-corrected chi connectivity index (χ4v) is 2.01. The fraction of sp³-hybridized carbons (Fsp3) is 0.810. The zero-order chi connectivity index (χ0) is 26.0. The third-order valence-corrected chi connectivity index (χ3v) is 3.23. The van der Waals surface area contributed by atoms with Gasteiger partial charge in [-0.15, -0.1) is 0 Å². The number of hydroxylamine groups is 2. The molecule has 0 aliphatic rings. The van der Waals surface area contributed by atoms with Crippen LogP contribution in [0.4, 0.5) is 9.59 Å². The lowest BCUT2D eigenvalue weighted by molar-refractivity contribution is -0.128. The topological polar surface area (TPSA) is 160 Å². The van der Waals surface area contributed by atoms with Crippen LogP contribution in [0.15, 0.2) is 0 Å². The standard InChI is InChI=1S/C21H39N3O10/c1-20(2,3)33-18(27)23-31-14-16(25)8-7-10-29-12-13-30-11-9-22-17(26)15-32-24-19(28)34-21(4,5)6/h7-15H2,1-6H3,(H,22,26)(H,23,27)(H,24,28). The molecule has 0 aromatic carbocycles. The summed E-state index contributed by atoms with van der Waals surface area (Å²) in [5, 5.41) is 2.56. The number of ether oxygens (including phenoxy) is 4. The molecule has 0 aromatic rings. The Morgan fingerprint density at radius 3 is 1.71 bits per heavy atom. The smallest absolute Gasteiger partial charge is 0.431 e. The normalized spacial score (nSPS) is 11.5. The molecule has 34 heavy (non-hydrogen) atoms. The maximum atomic E-state index is 11.7. The van der Waals surface area contributed by atoms with Gasteiger partial charge < -0.3 is 24.3 Å². The van der Waals surface area contributed by atoms with E-state index in [4.69, 9.17) is 28.6 Å². The van der Waals surface area contributed by atoms with Gasteiger partial charge in [0.15, 0.2) is 12.4 Å². The SMILES string of the molecule is CC(C)(C)OC(=O)NOCC(=O)CCCOCCOCCNC(=O)CONC(=O)OC(C)(C)C. The number of hydrogen-bond acceptors (Lipinski definition) is 10. The van der Waals surface area contributed by atoms with Gasteiger partial charge in [0.25, 0.3) is 0 Å². The van der Waals surface area contributed by atoms with Gasteiger partial charge in [-0.2, -0.15) is 11.0 Å². The van der Waals surface area contributed by atoms with Crippen LogP contribution in [0.3, 0.4) is 0 Å². The fourth-order valence-electron chi connectivity index (χ4n) is 2.01. The van der Waals surface area contributed by atoms with E-state index in [2.05, 4.69) is 5.32 Å². The van der Waals surface area contributed by atoms with Crippen molar-refractivity contribution in [1.82, 2.24) is 16.3 Å². The maximum absolute atomic E-state index is 11.7. The minimum atomic E-state index is -0.781. The van der Waals surface area contributed by atoms with Crippen LogP contribution in [-0.4, -0.2) is 81.3 Å². The summed E-state index contributed by atoms with van der Waals surface area (Å²) in [6, 6.07) is 0. The van der Waals surface area contributed by atoms with Crippen molar-refractivity contribution in [3.8, 4) is 0 Å². The first-order chi connectivity index (χ1) is 15.8. The monoisotopic (exact) mass is 493 g/mol. The largest absolute Gasteiger partial charge is 0.442 e. The molecule has 0 aromatic heterocycles. The number of carbonyl (C=O) groups excluding carboxylic acids is 4. The quantitative estimate of drug-likeness (QED) is 0.212. The van der Waals surface area contributed by atoms with Crippen LogP contribution in [0, 0.1) is 0 Å². The second kappa shape index (κ2) is 17.0. The molecule has 3 amide bonds. The van der Waals surface area contributed by atoms with Crippen molar-refractivity contribution >= 4 is 23.9 Å². The van der Waals surface area contributed by atoms with Gasteiger partial charge in [0, 0.05) is 19.6 Å². The Bertz CT molecular complexity index is 575. The summed E-state index contributed by atoms with van der Waals surface area (Å²) in [6.07, 6.45) is -0.793. The van der Waals surface area contributed by atoms with Crippen LogP contribution in [0.25, 0.3) is 0 Å². The molecule has 0 saturated carbocycles. The number of amides is 3. The first-order valence-corrected chi connectivity index (χ1v) is 10.9. The predicted octanol–water partition coefficient (Wildman–Crippen LogP) is 1.40. The lowest BCUT2D eigenvalue weighted by atomic mass is 10.2. The lowest BCUT2D eigenvalue weighted by Crippen LogP contribution is -2.37. The molecule has 0 spiro atoms. The van der Waals surface area contributed by atoms with E-state index in [0.29, 0.717) is 26.2 Å². The molecule has 0 saturated heterocycles. The molecule has 0 atom stereocenters. The third kappa shape index (κ3) is 22.7. The van der Waals surface area contributed by atoms with E-state index in [1.54, 1.807) is 41.5 Å². The Hall–Kier alpha value is -2.48. The molecule has 0 bridgehead atoms. The Balaban J connectivity index is 3.49.